The third-order valence-electron chi connectivity index (χ3n) is 2.46. The lowest BCUT2D eigenvalue weighted by Crippen LogP contribution is -2.07. The van der Waals surface area contributed by atoms with Crippen LogP contribution in [0.2, 0.25) is 5.02 Å². The van der Waals surface area contributed by atoms with Crippen LogP contribution in [-0.4, -0.2) is 20.5 Å². The van der Waals surface area contributed by atoms with Crippen molar-refractivity contribution in [1.29, 1.82) is 0 Å². The van der Waals surface area contributed by atoms with Gasteiger partial charge in [0.1, 0.15) is 5.65 Å². The topological polar surface area (TPSA) is 54.6 Å². The van der Waals surface area contributed by atoms with Crippen molar-refractivity contribution in [2.45, 2.75) is 20.3 Å². The fourth-order valence-electron chi connectivity index (χ4n) is 1.82. The van der Waals surface area contributed by atoms with E-state index in [9.17, 15) is 9.90 Å². The molecule has 0 saturated carbocycles. The van der Waals surface area contributed by atoms with Gasteiger partial charge >= 0.3 is 5.97 Å². The molecule has 0 radical (unpaired) electrons. The van der Waals surface area contributed by atoms with Crippen LogP contribution in [0.3, 0.4) is 0 Å². The minimum atomic E-state index is -0.976. The second kappa shape index (κ2) is 4.37. The molecule has 17 heavy (non-hydrogen) atoms. The highest BCUT2D eigenvalue weighted by Crippen LogP contribution is 2.19. The molecule has 0 fully saturated rings. The van der Waals surface area contributed by atoms with E-state index in [4.69, 9.17) is 11.6 Å². The lowest BCUT2D eigenvalue weighted by Gasteiger charge is -2.02. The Bertz CT molecular complexity index is 575. The number of fused-ring (bicyclic) bond motifs is 1. The van der Waals surface area contributed by atoms with Gasteiger partial charge in [-0.2, -0.15) is 0 Å². The Balaban J connectivity index is 2.67. The summed E-state index contributed by atoms with van der Waals surface area (Å²) in [6, 6.07) is 3.42. The van der Waals surface area contributed by atoms with E-state index in [0.717, 1.165) is 0 Å². The molecule has 0 bridgehead atoms. The first-order chi connectivity index (χ1) is 7.99. The van der Waals surface area contributed by atoms with Crippen molar-refractivity contribution in [3.05, 3.63) is 34.7 Å². The molecule has 0 aromatic carbocycles. The van der Waals surface area contributed by atoms with Crippen LogP contribution < -0.4 is 0 Å². The molecule has 0 spiro atoms. The third-order valence-corrected chi connectivity index (χ3v) is 2.68. The van der Waals surface area contributed by atoms with Gasteiger partial charge in [-0.3, -0.25) is 4.40 Å². The number of hydrogen-bond acceptors (Lipinski definition) is 2. The highest BCUT2D eigenvalue weighted by Gasteiger charge is 2.19. The van der Waals surface area contributed by atoms with Gasteiger partial charge in [-0.25, -0.2) is 9.78 Å². The average molecular weight is 253 g/mol. The predicted octanol–water partition coefficient (Wildman–Crippen LogP) is 2.88. The van der Waals surface area contributed by atoms with Crippen LogP contribution >= 0.6 is 11.6 Å². The number of carboxylic acid groups (broad SMARTS) is 1. The summed E-state index contributed by atoms with van der Waals surface area (Å²) in [5.41, 5.74) is 1.42. The summed E-state index contributed by atoms with van der Waals surface area (Å²) in [5.74, 6) is -0.621. The first kappa shape index (κ1) is 11.9. The monoisotopic (exact) mass is 252 g/mol. The van der Waals surface area contributed by atoms with Crippen molar-refractivity contribution in [3.63, 3.8) is 0 Å². The lowest BCUT2D eigenvalue weighted by molar-refractivity contribution is 0.0688. The van der Waals surface area contributed by atoms with E-state index in [1.807, 2.05) is 13.8 Å². The molecular formula is C12H13ClN2O2. The van der Waals surface area contributed by atoms with Crippen molar-refractivity contribution in [2.75, 3.05) is 0 Å². The Morgan fingerprint density at radius 1 is 1.53 bits per heavy atom. The quantitative estimate of drug-likeness (QED) is 0.914. The number of carbonyl (C=O) groups is 1. The van der Waals surface area contributed by atoms with Gasteiger partial charge in [-0.15, -0.1) is 0 Å². The molecule has 2 rings (SSSR count). The van der Waals surface area contributed by atoms with Crippen LogP contribution in [0.25, 0.3) is 5.65 Å². The number of carboxylic acids is 1. The summed E-state index contributed by atoms with van der Waals surface area (Å²) in [4.78, 5) is 15.6. The average Bonchev–Trinajstić information content (AvgIpc) is 2.53. The van der Waals surface area contributed by atoms with Gasteiger partial charge < -0.3 is 5.11 Å². The zero-order valence-corrected chi connectivity index (χ0v) is 10.4. The smallest absolute Gasteiger partial charge is 0.354 e. The summed E-state index contributed by atoms with van der Waals surface area (Å²) in [5, 5.41) is 9.75. The van der Waals surface area contributed by atoms with Crippen LogP contribution in [-0.2, 0) is 6.42 Å². The summed E-state index contributed by atoms with van der Waals surface area (Å²) >= 11 is 5.87. The zero-order chi connectivity index (χ0) is 12.6. The molecule has 2 aromatic rings. The standard InChI is InChI=1S/C12H13ClN2O2/c1-7(2)5-9-11(12(16)17)15-6-8(13)3-4-10(15)14-9/h3-4,6-7H,5H2,1-2H3,(H,16,17). The number of pyridine rings is 1. The Morgan fingerprint density at radius 2 is 2.24 bits per heavy atom. The Labute approximate surface area is 104 Å². The zero-order valence-electron chi connectivity index (χ0n) is 9.64. The second-order valence-electron chi connectivity index (χ2n) is 4.39. The van der Waals surface area contributed by atoms with E-state index in [2.05, 4.69) is 4.98 Å². The van der Waals surface area contributed by atoms with Crippen LogP contribution in [0.1, 0.15) is 30.0 Å². The van der Waals surface area contributed by atoms with Gasteiger partial charge in [0, 0.05) is 6.20 Å². The summed E-state index contributed by atoms with van der Waals surface area (Å²) in [6.45, 7) is 4.06. The van der Waals surface area contributed by atoms with Crippen LogP contribution in [0.5, 0.6) is 0 Å². The van der Waals surface area contributed by atoms with Crippen LogP contribution in [0.15, 0.2) is 18.3 Å². The molecule has 2 heterocycles. The maximum Gasteiger partial charge on any atom is 0.354 e. The van der Waals surface area contributed by atoms with E-state index in [1.54, 1.807) is 18.3 Å². The summed E-state index contributed by atoms with van der Waals surface area (Å²) in [7, 11) is 0. The van der Waals surface area contributed by atoms with Crippen molar-refractivity contribution < 1.29 is 9.90 Å². The Hall–Kier alpha value is -1.55. The van der Waals surface area contributed by atoms with Gasteiger partial charge in [0.2, 0.25) is 0 Å². The first-order valence-corrected chi connectivity index (χ1v) is 5.76. The molecule has 2 aromatic heterocycles. The number of aromatic nitrogens is 2. The van der Waals surface area contributed by atoms with Crippen LogP contribution in [0.4, 0.5) is 0 Å². The molecule has 0 atom stereocenters. The largest absolute Gasteiger partial charge is 0.477 e. The number of rotatable bonds is 3. The molecule has 90 valence electrons. The van der Waals surface area contributed by atoms with Crippen molar-refractivity contribution in [3.8, 4) is 0 Å². The first-order valence-electron chi connectivity index (χ1n) is 5.39. The Kier molecular flexibility index (Phi) is 3.07. The summed E-state index contributed by atoms with van der Waals surface area (Å²) in [6.07, 6.45) is 2.22. The maximum absolute atomic E-state index is 11.3. The number of imidazole rings is 1. The predicted molar refractivity (Wildman–Crippen MR) is 65.7 cm³/mol. The van der Waals surface area contributed by atoms with Crippen molar-refractivity contribution in [1.82, 2.24) is 9.38 Å². The van der Waals surface area contributed by atoms with Gasteiger partial charge in [0.15, 0.2) is 5.69 Å². The summed E-state index contributed by atoms with van der Waals surface area (Å²) < 4.78 is 1.53. The number of nitrogens with zero attached hydrogens (tertiary/aromatic N) is 2. The molecule has 1 N–H and O–H groups in total. The fraction of sp³-hybridized carbons (Fsp3) is 0.333. The molecular weight excluding hydrogens is 240 g/mol. The van der Waals surface area contributed by atoms with E-state index < -0.39 is 5.97 Å². The number of halogens is 1. The fourth-order valence-corrected chi connectivity index (χ4v) is 1.98. The second-order valence-corrected chi connectivity index (χ2v) is 4.82. The number of hydrogen-bond donors (Lipinski definition) is 1. The van der Waals surface area contributed by atoms with Gasteiger partial charge in [-0.1, -0.05) is 25.4 Å². The van der Waals surface area contributed by atoms with Gasteiger partial charge in [-0.05, 0) is 24.5 Å². The molecule has 0 aliphatic rings. The lowest BCUT2D eigenvalue weighted by atomic mass is 10.1. The van der Waals surface area contributed by atoms with Gasteiger partial charge in [0.05, 0.1) is 10.7 Å². The van der Waals surface area contributed by atoms with Crippen molar-refractivity contribution in [2.24, 2.45) is 5.92 Å². The minimum absolute atomic E-state index is 0.205. The van der Waals surface area contributed by atoms with Gasteiger partial charge in [0.25, 0.3) is 0 Å². The minimum Gasteiger partial charge on any atom is -0.477 e. The van der Waals surface area contributed by atoms with E-state index >= 15 is 0 Å². The molecule has 0 saturated heterocycles. The van der Waals surface area contributed by atoms with E-state index in [-0.39, 0.29) is 5.69 Å². The number of aromatic carboxylic acids is 1. The van der Waals surface area contributed by atoms with E-state index in [1.165, 1.54) is 4.40 Å². The maximum atomic E-state index is 11.3. The molecule has 0 amide bonds. The Morgan fingerprint density at radius 3 is 2.82 bits per heavy atom. The SMILES string of the molecule is CC(C)Cc1nc2ccc(Cl)cn2c1C(=O)O. The molecule has 4 nitrogen and oxygen atoms in total. The van der Waals surface area contributed by atoms with E-state index in [0.29, 0.717) is 28.7 Å². The van der Waals surface area contributed by atoms with Crippen LogP contribution in [0, 0.1) is 5.92 Å². The third kappa shape index (κ3) is 2.26. The molecule has 0 aliphatic heterocycles. The highest BCUT2D eigenvalue weighted by atomic mass is 35.5. The molecule has 0 aliphatic carbocycles. The molecule has 5 heteroatoms. The van der Waals surface area contributed by atoms with Crippen molar-refractivity contribution >= 4 is 23.2 Å². The highest BCUT2D eigenvalue weighted by molar-refractivity contribution is 6.30. The normalized spacial score (nSPS) is 11.3. The molecule has 0 unspecified atom stereocenters.